The van der Waals surface area contributed by atoms with Gasteiger partial charge in [-0.05, 0) is 24.6 Å². The minimum Gasteiger partial charge on any atom is -0.497 e. The molecule has 164 valence electrons. The second-order valence-electron chi connectivity index (χ2n) is 7.43. The van der Waals surface area contributed by atoms with Gasteiger partial charge in [0.2, 0.25) is 11.8 Å². The van der Waals surface area contributed by atoms with Crippen molar-refractivity contribution in [2.45, 2.75) is 30.2 Å². The molecule has 2 aromatic carbocycles. The molecule has 0 aliphatic carbocycles. The largest absolute Gasteiger partial charge is 0.497 e. The summed E-state index contributed by atoms with van der Waals surface area (Å²) in [5.41, 5.74) is 2.48. The molecule has 2 heterocycles. The van der Waals surface area contributed by atoms with Crippen LogP contribution >= 0.6 is 11.8 Å². The van der Waals surface area contributed by atoms with Crippen LogP contribution < -0.4 is 20.9 Å². The van der Waals surface area contributed by atoms with Crippen LogP contribution in [0.25, 0.3) is 0 Å². The highest BCUT2D eigenvalue weighted by Crippen LogP contribution is 2.31. The Hall–Kier alpha value is -3.59. The van der Waals surface area contributed by atoms with Crippen LogP contribution in [0.5, 0.6) is 5.75 Å². The van der Waals surface area contributed by atoms with Gasteiger partial charge in [-0.25, -0.2) is 4.98 Å². The number of hydrogen-bond acceptors (Lipinski definition) is 6. The number of fused-ring (bicyclic) bond motifs is 1. The molecule has 0 bridgehead atoms. The van der Waals surface area contributed by atoms with Crippen molar-refractivity contribution in [3.8, 4) is 5.75 Å². The average Bonchev–Trinajstić information content (AvgIpc) is 2.78. The molecule has 1 unspecified atom stereocenters. The van der Waals surface area contributed by atoms with Crippen LogP contribution in [0.2, 0.25) is 0 Å². The fourth-order valence-electron chi connectivity index (χ4n) is 3.41. The van der Waals surface area contributed by atoms with E-state index in [-0.39, 0.29) is 23.7 Å². The number of carbonyl (C=O) groups is 2. The number of H-pyrrole nitrogens is 1. The number of aryl methyl sites for hydroxylation is 1. The first-order valence-electron chi connectivity index (χ1n) is 10.0. The summed E-state index contributed by atoms with van der Waals surface area (Å²) in [7, 11) is 1.53. The van der Waals surface area contributed by atoms with Gasteiger partial charge < -0.3 is 20.4 Å². The van der Waals surface area contributed by atoms with Crippen LogP contribution in [0.1, 0.15) is 29.0 Å². The fraction of sp³-hybridized carbons (Fsp3) is 0.217. The highest BCUT2D eigenvalue weighted by atomic mass is 32.2. The first-order chi connectivity index (χ1) is 15.4. The van der Waals surface area contributed by atoms with Gasteiger partial charge in [-0.3, -0.25) is 14.4 Å². The smallest absolute Gasteiger partial charge is 0.257 e. The van der Waals surface area contributed by atoms with Crippen molar-refractivity contribution in [1.29, 1.82) is 0 Å². The van der Waals surface area contributed by atoms with E-state index in [1.54, 1.807) is 24.3 Å². The first kappa shape index (κ1) is 21.6. The molecule has 8 nitrogen and oxygen atoms in total. The molecule has 0 fully saturated rings. The van der Waals surface area contributed by atoms with E-state index in [0.717, 1.165) is 5.56 Å². The zero-order valence-electron chi connectivity index (χ0n) is 17.6. The molecule has 3 aromatic rings. The molecule has 1 aliphatic rings. The van der Waals surface area contributed by atoms with E-state index >= 15 is 0 Å². The van der Waals surface area contributed by atoms with Crippen molar-refractivity contribution in [2.75, 3.05) is 17.7 Å². The number of nitrogens with zero attached hydrogens (tertiary/aromatic N) is 1. The third-order valence-electron chi connectivity index (χ3n) is 5.08. The Morgan fingerprint density at radius 1 is 1.22 bits per heavy atom. The molecule has 0 spiro atoms. The maximum absolute atomic E-state index is 12.9. The van der Waals surface area contributed by atoms with Gasteiger partial charge in [0.05, 0.1) is 18.6 Å². The molecular weight excluding hydrogens is 428 g/mol. The average molecular weight is 451 g/mol. The molecule has 1 atom stereocenters. The molecule has 3 N–H and O–H groups in total. The maximum Gasteiger partial charge on any atom is 0.257 e. The summed E-state index contributed by atoms with van der Waals surface area (Å²) in [5.74, 6) is -0.452. The van der Waals surface area contributed by atoms with Gasteiger partial charge >= 0.3 is 0 Å². The topological polar surface area (TPSA) is 113 Å². The number of methoxy groups -OCH3 is 1. The Morgan fingerprint density at radius 2 is 2.00 bits per heavy atom. The fourth-order valence-corrected chi connectivity index (χ4v) is 4.23. The summed E-state index contributed by atoms with van der Waals surface area (Å²) < 4.78 is 5.17. The quantitative estimate of drug-likeness (QED) is 0.392. The van der Waals surface area contributed by atoms with Crippen LogP contribution in [-0.4, -0.2) is 28.9 Å². The van der Waals surface area contributed by atoms with Gasteiger partial charge in [0.15, 0.2) is 5.16 Å². The molecule has 32 heavy (non-hydrogen) atoms. The van der Waals surface area contributed by atoms with Crippen molar-refractivity contribution in [1.82, 2.24) is 9.97 Å². The molecule has 0 saturated heterocycles. The Balaban J connectivity index is 1.56. The van der Waals surface area contributed by atoms with E-state index in [0.29, 0.717) is 22.3 Å². The lowest BCUT2D eigenvalue weighted by Gasteiger charge is -2.23. The third-order valence-corrected chi connectivity index (χ3v) is 6.02. The van der Waals surface area contributed by atoms with E-state index in [2.05, 4.69) is 20.6 Å². The van der Waals surface area contributed by atoms with E-state index < -0.39 is 17.4 Å². The molecule has 1 aromatic heterocycles. The Kier molecular flexibility index (Phi) is 6.27. The van der Waals surface area contributed by atoms with Gasteiger partial charge in [-0.2, -0.15) is 0 Å². The lowest BCUT2D eigenvalue weighted by atomic mass is 9.92. The Labute approximate surface area is 188 Å². The van der Waals surface area contributed by atoms with Gasteiger partial charge in [-0.1, -0.05) is 47.7 Å². The van der Waals surface area contributed by atoms with Gasteiger partial charge in [0.1, 0.15) is 11.6 Å². The number of carbonyl (C=O) groups excluding carboxylic acids is 2. The minimum atomic E-state index is -0.947. The third kappa shape index (κ3) is 4.83. The molecule has 1 aliphatic heterocycles. The molecule has 2 amide bonds. The van der Waals surface area contributed by atoms with Crippen LogP contribution in [-0.2, 0) is 15.3 Å². The SMILES string of the molecule is COc1cccc(NC(=O)C2CC(=O)Nc3nc(SCc4ccc(C)cc4)[nH]c(=O)c32)c1. The second kappa shape index (κ2) is 9.27. The molecule has 4 rings (SSSR count). The van der Waals surface area contributed by atoms with Crippen LogP contribution in [0.15, 0.2) is 58.5 Å². The van der Waals surface area contributed by atoms with Gasteiger partial charge in [0.25, 0.3) is 5.56 Å². The van der Waals surface area contributed by atoms with Crippen molar-refractivity contribution >= 4 is 35.1 Å². The summed E-state index contributed by atoms with van der Waals surface area (Å²) in [4.78, 5) is 45.2. The van der Waals surface area contributed by atoms with Crippen molar-refractivity contribution < 1.29 is 14.3 Å². The zero-order valence-corrected chi connectivity index (χ0v) is 18.4. The van der Waals surface area contributed by atoms with Crippen molar-refractivity contribution in [3.63, 3.8) is 0 Å². The van der Waals surface area contributed by atoms with Crippen LogP contribution in [0.4, 0.5) is 11.5 Å². The number of benzene rings is 2. The van der Waals surface area contributed by atoms with E-state index in [1.165, 1.54) is 24.4 Å². The van der Waals surface area contributed by atoms with E-state index in [4.69, 9.17) is 4.74 Å². The van der Waals surface area contributed by atoms with E-state index in [9.17, 15) is 14.4 Å². The highest BCUT2D eigenvalue weighted by molar-refractivity contribution is 7.98. The summed E-state index contributed by atoms with van der Waals surface area (Å²) in [5, 5.41) is 5.76. The second-order valence-corrected chi connectivity index (χ2v) is 8.40. The Bertz CT molecular complexity index is 1220. The number of rotatable bonds is 6. The lowest BCUT2D eigenvalue weighted by molar-refractivity contribution is -0.123. The highest BCUT2D eigenvalue weighted by Gasteiger charge is 2.34. The van der Waals surface area contributed by atoms with E-state index in [1.807, 2.05) is 31.2 Å². The molecule has 9 heteroatoms. The number of anilines is 2. The van der Waals surface area contributed by atoms with Crippen LogP contribution in [0.3, 0.4) is 0 Å². The van der Waals surface area contributed by atoms with Crippen LogP contribution in [0, 0.1) is 6.92 Å². The molecular formula is C23H22N4O4S. The summed E-state index contributed by atoms with van der Waals surface area (Å²) in [6.07, 6.45) is -0.135. The monoisotopic (exact) mass is 450 g/mol. The lowest BCUT2D eigenvalue weighted by Crippen LogP contribution is -2.36. The van der Waals surface area contributed by atoms with Gasteiger partial charge in [0, 0.05) is 23.9 Å². The number of thioether (sulfide) groups is 1. The standard InChI is InChI=1S/C23H22N4O4S/c1-13-6-8-14(9-7-13)12-32-23-26-20-19(22(30)27-23)17(11-18(28)25-20)21(29)24-15-4-3-5-16(10-15)31-2/h3-10,17H,11-12H2,1-2H3,(H,24,29)(H2,25,26,27,28,30). The number of aromatic nitrogens is 2. The summed E-state index contributed by atoms with van der Waals surface area (Å²) >= 11 is 1.35. The molecule has 0 saturated carbocycles. The maximum atomic E-state index is 12.9. The minimum absolute atomic E-state index is 0.127. The summed E-state index contributed by atoms with van der Waals surface area (Å²) in [6, 6.07) is 14.9. The van der Waals surface area contributed by atoms with Gasteiger partial charge in [-0.15, -0.1) is 0 Å². The first-order valence-corrected chi connectivity index (χ1v) is 11.0. The summed E-state index contributed by atoms with van der Waals surface area (Å²) in [6.45, 7) is 2.02. The molecule has 0 radical (unpaired) electrons. The van der Waals surface area contributed by atoms with Crippen molar-refractivity contribution in [3.05, 3.63) is 75.6 Å². The number of aromatic amines is 1. The number of hydrogen-bond donors (Lipinski definition) is 3. The number of nitrogens with one attached hydrogen (secondary N) is 3. The zero-order chi connectivity index (χ0) is 22.7. The normalized spacial score (nSPS) is 14.9. The number of amides is 2. The number of ether oxygens (including phenoxy) is 1. The van der Waals surface area contributed by atoms with Crippen molar-refractivity contribution in [2.24, 2.45) is 0 Å². The predicted octanol–water partition coefficient (Wildman–Crippen LogP) is 3.44. The predicted molar refractivity (Wildman–Crippen MR) is 123 cm³/mol. The Morgan fingerprint density at radius 3 is 2.75 bits per heavy atom.